The van der Waals surface area contributed by atoms with E-state index in [1.165, 1.54) is 12.3 Å². The maximum absolute atomic E-state index is 12.5. The summed E-state index contributed by atoms with van der Waals surface area (Å²) in [4.78, 5) is 3.65. The van der Waals surface area contributed by atoms with Gasteiger partial charge in [0, 0.05) is 11.8 Å². The minimum Gasteiger partial charge on any atom is -0.507 e. The van der Waals surface area contributed by atoms with Gasteiger partial charge in [-0.15, -0.1) is 0 Å². The second-order valence-electron chi connectivity index (χ2n) is 5.02. The van der Waals surface area contributed by atoms with E-state index in [-0.39, 0.29) is 11.6 Å². The number of anilines is 1. The van der Waals surface area contributed by atoms with Crippen LogP contribution in [0.3, 0.4) is 0 Å². The average molecular weight is 331 g/mol. The third-order valence-corrected chi connectivity index (χ3v) is 3.41. The highest BCUT2D eigenvalue weighted by atomic mass is 19.4. The molecule has 0 spiro atoms. The lowest BCUT2D eigenvalue weighted by Gasteiger charge is -2.07. The van der Waals surface area contributed by atoms with Crippen molar-refractivity contribution < 1.29 is 18.3 Å². The number of aromatic nitrogens is 1. The van der Waals surface area contributed by atoms with Crippen LogP contribution in [0.15, 0.2) is 59.8 Å². The van der Waals surface area contributed by atoms with Crippen LogP contribution >= 0.6 is 0 Å². The predicted molar refractivity (Wildman–Crippen MR) is 86.1 cm³/mol. The first kappa shape index (κ1) is 15.8. The van der Waals surface area contributed by atoms with E-state index < -0.39 is 11.7 Å². The van der Waals surface area contributed by atoms with E-state index in [0.29, 0.717) is 5.56 Å². The summed E-state index contributed by atoms with van der Waals surface area (Å²) in [5.41, 5.74) is 2.22. The van der Waals surface area contributed by atoms with Crippen LogP contribution in [0.25, 0.3) is 10.8 Å². The average Bonchev–Trinajstić information content (AvgIpc) is 2.56. The first-order chi connectivity index (χ1) is 11.4. The maximum Gasteiger partial charge on any atom is 0.417 e. The fourth-order valence-electron chi connectivity index (χ4n) is 2.21. The molecule has 24 heavy (non-hydrogen) atoms. The zero-order valence-corrected chi connectivity index (χ0v) is 12.2. The molecule has 0 saturated heterocycles. The molecule has 0 amide bonds. The Labute approximate surface area is 135 Å². The summed E-state index contributed by atoms with van der Waals surface area (Å²) in [7, 11) is 0. The number of phenolic OH excluding ortho intramolecular Hbond substituents is 1. The SMILES string of the molecule is Oc1ccc2ccccc2c1C=NNc1ccc(C(F)(F)F)cn1. The Morgan fingerprint density at radius 2 is 1.83 bits per heavy atom. The molecule has 3 rings (SSSR count). The van der Waals surface area contributed by atoms with Crippen LogP contribution in [0.4, 0.5) is 19.0 Å². The number of aromatic hydroxyl groups is 1. The van der Waals surface area contributed by atoms with Gasteiger partial charge in [0.15, 0.2) is 0 Å². The van der Waals surface area contributed by atoms with E-state index in [4.69, 9.17) is 0 Å². The number of alkyl halides is 3. The van der Waals surface area contributed by atoms with Crippen LogP contribution in [-0.2, 0) is 6.18 Å². The number of halogens is 3. The highest BCUT2D eigenvalue weighted by Crippen LogP contribution is 2.29. The van der Waals surface area contributed by atoms with Crippen molar-refractivity contribution in [2.24, 2.45) is 5.10 Å². The van der Waals surface area contributed by atoms with Crippen molar-refractivity contribution in [2.75, 3.05) is 5.43 Å². The molecular formula is C17H12F3N3O. The first-order valence-corrected chi connectivity index (χ1v) is 6.98. The van der Waals surface area contributed by atoms with Crippen molar-refractivity contribution in [3.63, 3.8) is 0 Å². The molecule has 2 N–H and O–H groups in total. The minimum absolute atomic E-state index is 0.0552. The van der Waals surface area contributed by atoms with Crippen molar-refractivity contribution in [1.82, 2.24) is 4.98 Å². The van der Waals surface area contributed by atoms with Crippen LogP contribution in [0, 0.1) is 0 Å². The highest BCUT2D eigenvalue weighted by Gasteiger charge is 2.30. The Hall–Kier alpha value is -3.09. The number of hydrazone groups is 1. The molecule has 0 aliphatic rings. The summed E-state index contributed by atoms with van der Waals surface area (Å²) >= 11 is 0. The van der Waals surface area contributed by atoms with Gasteiger partial charge in [0.2, 0.25) is 0 Å². The van der Waals surface area contributed by atoms with Gasteiger partial charge >= 0.3 is 6.18 Å². The van der Waals surface area contributed by atoms with Crippen molar-refractivity contribution in [2.45, 2.75) is 6.18 Å². The fraction of sp³-hybridized carbons (Fsp3) is 0.0588. The van der Waals surface area contributed by atoms with Crippen LogP contribution in [0.5, 0.6) is 5.75 Å². The largest absolute Gasteiger partial charge is 0.507 e. The van der Waals surface area contributed by atoms with Gasteiger partial charge in [0.25, 0.3) is 0 Å². The topological polar surface area (TPSA) is 57.5 Å². The Balaban J connectivity index is 1.81. The van der Waals surface area contributed by atoms with Gasteiger partial charge in [-0.25, -0.2) is 4.98 Å². The number of nitrogens with zero attached hydrogens (tertiary/aromatic N) is 2. The molecule has 0 fully saturated rings. The minimum atomic E-state index is -4.43. The number of phenols is 1. The van der Waals surface area contributed by atoms with Gasteiger partial charge in [-0.3, -0.25) is 5.43 Å². The molecule has 3 aromatic rings. The fourth-order valence-corrected chi connectivity index (χ4v) is 2.21. The van der Waals surface area contributed by atoms with Gasteiger partial charge in [-0.1, -0.05) is 30.3 Å². The van der Waals surface area contributed by atoms with Crippen LogP contribution < -0.4 is 5.43 Å². The van der Waals surface area contributed by atoms with Gasteiger partial charge in [-0.05, 0) is 29.0 Å². The molecule has 4 nitrogen and oxygen atoms in total. The van der Waals surface area contributed by atoms with E-state index in [0.717, 1.165) is 23.0 Å². The molecule has 2 aromatic carbocycles. The van der Waals surface area contributed by atoms with E-state index in [1.54, 1.807) is 12.1 Å². The monoisotopic (exact) mass is 331 g/mol. The molecule has 1 heterocycles. The molecule has 0 radical (unpaired) electrons. The summed E-state index contributed by atoms with van der Waals surface area (Å²) in [5.74, 6) is 0.221. The number of pyridine rings is 1. The zero-order valence-electron chi connectivity index (χ0n) is 12.2. The highest BCUT2D eigenvalue weighted by molar-refractivity contribution is 6.02. The third-order valence-electron chi connectivity index (χ3n) is 3.41. The molecule has 7 heteroatoms. The van der Waals surface area contributed by atoms with Crippen molar-refractivity contribution >= 4 is 22.8 Å². The Kier molecular flexibility index (Phi) is 4.07. The number of benzene rings is 2. The first-order valence-electron chi connectivity index (χ1n) is 6.98. The Morgan fingerprint density at radius 1 is 1.04 bits per heavy atom. The standard InChI is InChI=1S/C17H12F3N3O/c18-17(19,20)12-6-8-16(21-9-12)23-22-10-14-13-4-2-1-3-11(13)5-7-15(14)24/h1-10,24H,(H,21,23). The Morgan fingerprint density at radius 3 is 2.54 bits per heavy atom. The normalized spacial score (nSPS) is 12.0. The van der Waals surface area contributed by atoms with Crippen molar-refractivity contribution in [1.29, 1.82) is 0 Å². The molecule has 0 atom stereocenters. The van der Waals surface area contributed by atoms with Gasteiger partial charge in [-0.2, -0.15) is 18.3 Å². The van der Waals surface area contributed by atoms with Crippen LogP contribution in [0.2, 0.25) is 0 Å². The molecule has 1 aromatic heterocycles. The molecule has 0 unspecified atom stereocenters. The molecule has 122 valence electrons. The number of fused-ring (bicyclic) bond motifs is 1. The van der Waals surface area contributed by atoms with E-state index in [1.807, 2.05) is 24.3 Å². The molecule has 0 saturated carbocycles. The quantitative estimate of drug-likeness (QED) is 0.552. The summed E-state index contributed by atoms with van der Waals surface area (Å²) in [6.45, 7) is 0. The summed E-state index contributed by atoms with van der Waals surface area (Å²) in [5, 5.41) is 15.7. The second kappa shape index (κ2) is 6.19. The number of nitrogens with one attached hydrogen (secondary N) is 1. The van der Waals surface area contributed by atoms with E-state index >= 15 is 0 Å². The second-order valence-corrected chi connectivity index (χ2v) is 5.02. The Bertz CT molecular complexity index is 890. The van der Waals surface area contributed by atoms with Crippen LogP contribution in [0.1, 0.15) is 11.1 Å². The molecular weight excluding hydrogens is 319 g/mol. The number of hydrogen-bond donors (Lipinski definition) is 2. The number of rotatable bonds is 3. The predicted octanol–water partition coefficient (Wildman–Crippen LogP) is 4.41. The van der Waals surface area contributed by atoms with Crippen molar-refractivity contribution in [3.8, 4) is 5.75 Å². The smallest absolute Gasteiger partial charge is 0.417 e. The maximum atomic E-state index is 12.5. The summed E-state index contributed by atoms with van der Waals surface area (Å²) < 4.78 is 37.4. The molecule has 0 aliphatic heterocycles. The van der Waals surface area contributed by atoms with Gasteiger partial charge in [0.05, 0.1) is 11.8 Å². The van der Waals surface area contributed by atoms with Gasteiger partial charge < -0.3 is 5.11 Å². The lowest BCUT2D eigenvalue weighted by molar-refractivity contribution is -0.137. The lowest BCUT2D eigenvalue weighted by Crippen LogP contribution is -2.05. The van der Waals surface area contributed by atoms with E-state index in [9.17, 15) is 18.3 Å². The van der Waals surface area contributed by atoms with E-state index in [2.05, 4.69) is 15.5 Å². The zero-order chi connectivity index (χ0) is 17.2. The molecule has 0 bridgehead atoms. The van der Waals surface area contributed by atoms with Gasteiger partial charge in [0.1, 0.15) is 11.6 Å². The van der Waals surface area contributed by atoms with Crippen LogP contribution in [-0.4, -0.2) is 16.3 Å². The lowest BCUT2D eigenvalue weighted by atomic mass is 10.0. The van der Waals surface area contributed by atoms with Crippen molar-refractivity contribution in [3.05, 3.63) is 65.9 Å². The third kappa shape index (κ3) is 3.29. The summed E-state index contributed by atoms with van der Waals surface area (Å²) in [6, 6.07) is 12.9. The summed E-state index contributed by atoms with van der Waals surface area (Å²) in [6.07, 6.45) is -2.30. The molecule has 0 aliphatic carbocycles. The number of hydrogen-bond acceptors (Lipinski definition) is 4.